The van der Waals surface area contributed by atoms with Crippen LogP contribution in [0.1, 0.15) is 28.8 Å². The predicted octanol–water partition coefficient (Wildman–Crippen LogP) is 4.51. The van der Waals surface area contributed by atoms with Crippen molar-refractivity contribution in [2.45, 2.75) is 17.7 Å². The maximum absolute atomic E-state index is 12.5. The van der Waals surface area contributed by atoms with Gasteiger partial charge in [0.15, 0.2) is 0 Å². The second kappa shape index (κ2) is 8.61. The lowest BCUT2D eigenvalue weighted by atomic mass is 10.1. The number of aromatic nitrogens is 1. The number of H-pyrrole nitrogens is 1. The molecule has 1 aromatic heterocycles. The number of hydrogen-bond acceptors (Lipinski definition) is 5. The Morgan fingerprint density at radius 2 is 2.00 bits per heavy atom. The molecule has 2 aromatic carbocycles. The lowest BCUT2D eigenvalue weighted by Crippen LogP contribution is -2.25. The molecule has 1 fully saturated rings. The van der Waals surface area contributed by atoms with Crippen LogP contribution in [0.15, 0.2) is 58.5 Å². The molecule has 1 saturated heterocycles. The molecular weight excluding hydrogens is 410 g/mol. The average molecular weight is 434 g/mol. The Labute approximate surface area is 184 Å². The summed E-state index contributed by atoms with van der Waals surface area (Å²) in [5.74, 6) is -0.425. The number of esters is 1. The summed E-state index contributed by atoms with van der Waals surface area (Å²) in [6.07, 6.45) is 6.18. The Morgan fingerprint density at radius 3 is 2.87 bits per heavy atom. The van der Waals surface area contributed by atoms with Crippen molar-refractivity contribution in [2.24, 2.45) is 0 Å². The highest BCUT2D eigenvalue weighted by Crippen LogP contribution is 2.39. The van der Waals surface area contributed by atoms with E-state index in [1.165, 1.54) is 24.6 Å². The lowest BCUT2D eigenvalue weighted by Gasteiger charge is -2.18. The second-order valence-electron chi connectivity index (χ2n) is 7.75. The minimum absolute atomic E-state index is 0.115. The van der Waals surface area contributed by atoms with E-state index < -0.39 is 0 Å². The van der Waals surface area contributed by atoms with Crippen molar-refractivity contribution >= 4 is 46.3 Å². The third-order valence-electron chi connectivity index (χ3n) is 5.65. The summed E-state index contributed by atoms with van der Waals surface area (Å²) in [6, 6.07) is 13.2. The van der Waals surface area contributed by atoms with Crippen LogP contribution in [0.25, 0.3) is 17.0 Å². The van der Waals surface area contributed by atoms with Crippen LogP contribution in [-0.4, -0.2) is 48.0 Å². The van der Waals surface area contributed by atoms with Crippen LogP contribution in [0.3, 0.4) is 0 Å². The Balaban J connectivity index is 1.31. The van der Waals surface area contributed by atoms with E-state index in [-0.39, 0.29) is 11.9 Å². The number of ether oxygens (including phenoxy) is 1. The lowest BCUT2D eigenvalue weighted by molar-refractivity contribution is -0.112. The third kappa shape index (κ3) is 4.24. The van der Waals surface area contributed by atoms with Crippen LogP contribution in [0.5, 0.6) is 0 Å². The monoisotopic (exact) mass is 433 g/mol. The van der Waals surface area contributed by atoms with Crippen LogP contribution in [0, 0.1) is 0 Å². The zero-order valence-corrected chi connectivity index (χ0v) is 17.8. The normalized spacial score (nSPS) is 17.7. The number of carbonyl (C=O) groups is 2. The summed E-state index contributed by atoms with van der Waals surface area (Å²) in [4.78, 5) is 32.1. The SMILES string of the molecule is O=C1Nc2ccccc2S/C1=C\c1c[nH]c2cc(C(=O)OCCN3CCCC3)ccc12. The molecular formula is C24H23N3O3S. The number of nitrogens with one attached hydrogen (secondary N) is 2. The van der Waals surface area contributed by atoms with Gasteiger partial charge in [-0.25, -0.2) is 4.79 Å². The van der Waals surface area contributed by atoms with Crippen LogP contribution in [0.4, 0.5) is 5.69 Å². The van der Waals surface area contributed by atoms with Gasteiger partial charge in [-0.15, -0.1) is 0 Å². The molecule has 0 bridgehead atoms. The minimum Gasteiger partial charge on any atom is -0.461 e. The molecule has 0 spiro atoms. The molecule has 31 heavy (non-hydrogen) atoms. The number of thioether (sulfide) groups is 1. The standard InChI is InChI=1S/C24H23N3O3S/c28-23-22(31-21-6-2-1-5-19(21)26-23)14-17-15-25-20-13-16(7-8-18(17)20)24(29)30-12-11-27-9-3-4-10-27/h1-2,5-8,13-15,25H,3-4,9-12H2,(H,26,28)/b22-14-. The highest BCUT2D eigenvalue weighted by Gasteiger charge is 2.21. The number of aromatic amines is 1. The average Bonchev–Trinajstić information content (AvgIpc) is 3.44. The van der Waals surface area contributed by atoms with Gasteiger partial charge in [-0.3, -0.25) is 9.69 Å². The molecule has 1 amide bonds. The fraction of sp³-hybridized carbons (Fsp3) is 0.250. The van der Waals surface area contributed by atoms with E-state index in [1.807, 2.05) is 42.6 Å². The molecule has 5 rings (SSSR count). The summed E-state index contributed by atoms with van der Waals surface area (Å²) in [6.45, 7) is 3.38. The molecule has 3 aromatic rings. The third-order valence-corrected chi connectivity index (χ3v) is 6.75. The Kier molecular flexibility index (Phi) is 5.53. The molecule has 3 heterocycles. The number of fused-ring (bicyclic) bond motifs is 2. The van der Waals surface area contributed by atoms with Gasteiger partial charge in [0, 0.05) is 34.1 Å². The number of carbonyl (C=O) groups excluding carboxylic acids is 2. The van der Waals surface area contributed by atoms with E-state index in [2.05, 4.69) is 15.2 Å². The molecule has 0 radical (unpaired) electrons. The molecule has 6 nitrogen and oxygen atoms in total. The van der Waals surface area contributed by atoms with Gasteiger partial charge < -0.3 is 15.0 Å². The highest BCUT2D eigenvalue weighted by atomic mass is 32.2. The van der Waals surface area contributed by atoms with E-state index in [0.717, 1.165) is 46.7 Å². The molecule has 158 valence electrons. The summed E-state index contributed by atoms with van der Waals surface area (Å²) in [7, 11) is 0. The van der Waals surface area contributed by atoms with Crippen LogP contribution in [-0.2, 0) is 9.53 Å². The van der Waals surface area contributed by atoms with Gasteiger partial charge in [-0.2, -0.15) is 0 Å². The second-order valence-corrected chi connectivity index (χ2v) is 8.83. The zero-order chi connectivity index (χ0) is 21.2. The predicted molar refractivity (Wildman–Crippen MR) is 123 cm³/mol. The van der Waals surface area contributed by atoms with E-state index in [1.54, 1.807) is 12.1 Å². The largest absolute Gasteiger partial charge is 0.461 e. The maximum Gasteiger partial charge on any atom is 0.338 e. The van der Waals surface area contributed by atoms with E-state index >= 15 is 0 Å². The molecule has 0 aliphatic carbocycles. The first-order chi connectivity index (χ1) is 15.2. The van der Waals surface area contributed by atoms with Crippen molar-refractivity contribution in [1.82, 2.24) is 9.88 Å². The smallest absolute Gasteiger partial charge is 0.338 e. The number of likely N-dealkylation sites (tertiary alicyclic amines) is 1. The molecule has 7 heteroatoms. The van der Waals surface area contributed by atoms with Crippen molar-refractivity contribution < 1.29 is 14.3 Å². The summed E-state index contributed by atoms with van der Waals surface area (Å²) in [5, 5.41) is 3.88. The van der Waals surface area contributed by atoms with Crippen LogP contribution in [0.2, 0.25) is 0 Å². The molecule has 0 saturated carbocycles. The van der Waals surface area contributed by atoms with Crippen molar-refractivity contribution in [2.75, 3.05) is 31.6 Å². The number of anilines is 1. The molecule has 0 atom stereocenters. The first kappa shape index (κ1) is 19.9. The summed E-state index contributed by atoms with van der Waals surface area (Å²) < 4.78 is 5.45. The van der Waals surface area contributed by atoms with Gasteiger partial charge in [0.1, 0.15) is 6.61 Å². The Bertz CT molecular complexity index is 1180. The molecule has 2 aliphatic rings. The first-order valence-electron chi connectivity index (χ1n) is 10.5. The van der Waals surface area contributed by atoms with E-state index in [0.29, 0.717) is 17.1 Å². The van der Waals surface area contributed by atoms with Gasteiger partial charge in [-0.1, -0.05) is 30.0 Å². The van der Waals surface area contributed by atoms with Gasteiger partial charge in [-0.05, 0) is 56.3 Å². The van der Waals surface area contributed by atoms with E-state index in [4.69, 9.17) is 4.74 Å². The Hall–Kier alpha value is -3.03. The number of benzene rings is 2. The zero-order valence-electron chi connectivity index (χ0n) is 17.0. The van der Waals surface area contributed by atoms with Gasteiger partial charge in [0.25, 0.3) is 5.91 Å². The van der Waals surface area contributed by atoms with Crippen molar-refractivity contribution in [3.63, 3.8) is 0 Å². The number of amides is 1. The fourth-order valence-corrected chi connectivity index (χ4v) is 4.94. The summed E-state index contributed by atoms with van der Waals surface area (Å²) >= 11 is 1.46. The minimum atomic E-state index is -0.311. The highest BCUT2D eigenvalue weighted by molar-refractivity contribution is 8.04. The van der Waals surface area contributed by atoms with Gasteiger partial charge in [0.2, 0.25) is 0 Å². The Morgan fingerprint density at radius 1 is 1.16 bits per heavy atom. The van der Waals surface area contributed by atoms with E-state index in [9.17, 15) is 9.59 Å². The van der Waals surface area contributed by atoms with Crippen molar-refractivity contribution in [1.29, 1.82) is 0 Å². The van der Waals surface area contributed by atoms with Crippen molar-refractivity contribution in [3.8, 4) is 0 Å². The maximum atomic E-state index is 12.5. The molecule has 2 aliphatic heterocycles. The quantitative estimate of drug-likeness (QED) is 0.458. The number of para-hydroxylation sites is 1. The van der Waals surface area contributed by atoms with Crippen molar-refractivity contribution in [3.05, 3.63) is 64.7 Å². The van der Waals surface area contributed by atoms with Gasteiger partial charge >= 0.3 is 5.97 Å². The molecule has 2 N–H and O–H groups in total. The van der Waals surface area contributed by atoms with Crippen LogP contribution >= 0.6 is 11.8 Å². The number of nitrogens with zero attached hydrogens (tertiary/aromatic N) is 1. The van der Waals surface area contributed by atoms with Crippen LogP contribution < -0.4 is 5.32 Å². The van der Waals surface area contributed by atoms with Gasteiger partial charge in [0.05, 0.1) is 16.2 Å². The summed E-state index contributed by atoms with van der Waals surface area (Å²) in [5.41, 5.74) is 3.10. The number of rotatable bonds is 5. The number of hydrogen-bond donors (Lipinski definition) is 2. The topological polar surface area (TPSA) is 74.4 Å². The first-order valence-corrected chi connectivity index (χ1v) is 11.3. The molecule has 0 unspecified atom stereocenters. The fourth-order valence-electron chi connectivity index (χ4n) is 4.00.